The molecule has 0 aliphatic heterocycles. The monoisotopic (exact) mass is 314 g/mol. The predicted molar refractivity (Wildman–Crippen MR) is 71.7 cm³/mol. The first kappa shape index (κ1) is 13.5. The van der Waals surface area contributed by atoms with Gasteiger partial charge in [0.05, 0.1) is 5.56 Å². The van der Waals surface area contributed by atoms with E-state index in [9.17, 15) is 9.18 Å². The highest BCUT2D eigenvalue weighted by Crippen LogP contribution is 2.25. The number of nitrogens with two attached hydrogens (primary N) is 1. The number of carbonyl (C=O) groups excluding carboxylic acids is 1. The molecule has 0 spiro atoms. The fraction of sp³-hybridized carbons (Fsp3) is 0.462. The highest BCUT2D eigenvalue weighted by atomic mass is 79.9. The Bertz CT molecular complexity index is 453. The highest BCUT2D eigenvalue weighted by Gasteiger charge is 2.28. The second-order valence-corrected chi connectivity index (χ2v) is 5.49. The minimum absolute atomic E-state index is 0.109. The Balaban J connectivity index is 2.09. The summed E-state index contributed by atoms with van der Waals surface area (Å²) < 4.78 is 13.7. The van der Waals surface area contributed by atoms with Crippen molar-refractivity contribution in [1.82, 2.24) is 5.32 Å². The molecule has 3 N–H and O–H groups in total. The van der Waals surface area contributed by atoms with Crippen LogP contribution in [0.2, 0.25) is 0 Å². The molecule has 98 valence electrons. The lowest BCUT2D eigenvalue weighted by Gasteiger charge is -2.19. The summed E-state index contributed by atoms with van der Waals surface area (Å²) in [5, 5.41) is 2.95. The molecular formula is C13H16BrFN2O. The Labute approximate surface area is 114 Å². The molecule has 18 heavy (non-hydrogen) atoms. The largest absolute Gasteiger partial charge is 0.349 e. The van der Waals surface area contributed by atoms with E-state index >= 15 is 0 Å². The zero-order valence-electron chi connectivity index (χ0n) is 9.96. The molecule has 1 aliphatic rings. The molecule has 0 radical (unpaired) electrons. The van der Waals surface area contributed by atoms with Gasteiger partial charge in [-0.3, -0.25) is 4.79 Å². The second-order valence-electron chi connectivity index (χ2n) is 4.63. The number of nitrogens with one attached hydrogen (secondary N) is 1. The van der Waals surface area contributed by atoms with E-state index in [1.165, 1.54) is 12.1 Å². The van der Waals surface area contributed by atoms with Crippen molar-refractivity contribution in [3.05, 3.63) is 34.1 Å². The van der Waals surface area contributed by atoms with Crippen molar-refractivity contribution in [1.29, 1.82) is 0 Å². The van der Waals surface area contributed by atoms with Gasteiger partial charge in [0.1, 0.15) is 5.82 Å². The van der Waals surface area contributed by atoms with E-state index in [-0.39, 0.29) is 11.9 Å². The molecule has 0 heterocycles. The molecule has 3 nitrogen and oxygen atoms in total. The van der Waals surface area contributed by atoms with E-state index in [4.69, 9.17) is 5.73 Å². The number of benzene rings is 1. The molecule has 2 rings (SSSR count). The summed E-state index contributed by atoms with van der Waals surface area (Å²) in [5.74, 6) is -0.321. The number of amides is 1. The Kier molecular flexibility index (Phi) is 4.35. The summed E-state index contributed by atoms with van der Waals surface area (Å²) in [7, 11) is 0. The Hall–Kier alpha value is -0.940. The summed E-state index contributed by atoms with van der Waals surface area (Å²) in [6.07, 6.45) is 3.07. The summed E-state index contributed by atoms with van der Waals surface area (Å²) >= 11 is 3.26. The van der Waals surface area contributed by atoms with Crippen LogP contribution < -0.4 is 11.1 Å². The average molecular weight is 315 g/mol. The maximum absolute atomic E-state index is 13.1. The molecule has 1 amide bonds. The molecular weight excluding hydrogens is 299 g/mol. The molecule has 2 unspecified atom stereocenters. The molecule has 2 atom stereocenters. The van der Waals surface area contributed by atoms with Gasteiger partial charge in [0.25, 0.3) is 5.91 Å². The van der Waals surface area contributed by atoms with Gasteiger partial charge in [0.2, 0.25) is 0 Å². The number of carbonyl (C=O) groups is 1. The van der Waals surface area contributed by atoms with Crippen LogP contribution in [-0.4, -0.2) is 18.5 Å². The molecule has 1 saturated carbocycles. The van der Waals surface area contributed by atoms with E-state index in [0.717, 1.165) is 19.3 Å². The summed E-state index contributed by atoms with van der Waals surface area (Å²) in [6, 6.07) is 4.21. The summed E-state index contributed by atoms with van der Waals surface area (Å²) in [5.41, 5.74) is 6.00. The Morgan fingerprint density at radius 2 is 2.28 bits per heavy atom. The molecule has 0 aromatic heterocycles. The van der Waals surface area contributed by atoms with Crippen LogP contribution in [-0.2, 0) is 0 Å². The Morgan fingerprint density at radius 1 is 1.50 bits per heavy atom. The second kappa shape index (κ2) is 5.80. The lowest BCUT2D eigenvalue weighted by Crippen LogP contribution is -2.40. The van der Waals surface area contributed by atoms with Crippen molar-refractivity contribution in [3.63, 3.8) is 0 Å². The quantitative estimate of drug-likeness (QED) is 0.900. The average Bonchev–Trinajstić information content (AvgIpc) is 2.79. The molecule has 1 aromatic rings. The van der Waals surface area contributed by atoms with Gasteiger partial charge < -0.3 is 11.1 Å². The van der Waals surface area contributed by atoms with E-state index < -0.39 is 5.82 Å². The van der Waals surface area contributed by atoms with Crippen molar-refractivity contribution in [2.75, 3.05) is 6.54 Å². The van der Waals surface area contributed by atoms with Gasteiger partial charge in [-0.2, -0.15) is 0 Å². The predicted octanol–water partition coefficient (Wildman–Crippen LogP) is 2.45. The van der Waals surface area contributed by atoms with Crippen molar-refractivity contribution in [2.45, 2.75) is 25.3 Å². The highest BCUT2D eigenvalue weighted by molar-refractivity contribution is 9.10. The van der Waals surface area contributed by atoms with Crippen LogP contribution in [0.25, 0.3) is 0 Å². The smallest absolute Gasteiger partial charge is 0.252 e. The zero-order chi connectivity index (χ0) is 13.1. The minimum Gasteiger partial charge on any atom is -0.349 e. The van der Waals surface area contributed by atoms with E-state index in [2.05, 4.69) is 21.2 Å². The van der Waals surface area contributed by atoms with Gasteiger partial charge >= 0.3 is 0 Å². The third kappa shape index (κ3) is 2.90. The lowest BCUT2D eigenvalue weighted by molar-refractivity contribution is 0.0927. The lowest BCUT2D eigenvalue weighted by atomic mass is 10.0. The third-order valence-electron chi connectivity index (χ3n) is 3.45. The maximum Gasteiger partial charge on any atom is 0.252 e. The fourth-order valence-corrected chi connectivity index (χ4v) is 2.85. The normalized spacial score (nSPS) is 23.1. The van der Waals surface area contributed by atoms with Gasteiger partial charge in [-0.1, -0.05) is 6.42 Å². The standard InChI is InChI=1S/C13H16BrFN2O/c14-11-5-4-9(15)6-10(11)13(18)17-12-3-1-2-8(12)7-16/h4-6,8,12H,1-3,7,16H2,(H,17,18). The molecule has 1 aliphatic carbocycles. The van der Waals surface area contributed by atoms with E-state index in [1.807, 2.05) is 0 Å². The molecule has 0 bridgehead atoms. The van der Waals surface area contributed by atoms with Gasteiger partial charge in [-0.05, 0) is 59.4 Å². The van der Waals surface area contributed by atoms with Crippen LogP contribution in [0, 0.1) is 11.7 Å². The van der Waals surface area contributed by atoms with Crippen LogP contribution in [0.4, 0.5) is 4.39 Å². The van der Waals surface area contributed by atoms with Crippen molar-refractivity contribution in [2.24, 2.45) is 11.7 Å². The topological polar surface area (TPSA) is 55.1 Å². The SMILES string of the molecule is NCC1CCCC1NC(=O)c1cc(F)ccc1Br. The number of hydrogen-bond acceptors (Lipinski definition) is 2. The third-order valence-corrected chi connectivity index (χ3v) is 4.14. The van der Waals surface area contributed by atoms with Crippen LogP contribution in [0.15, 0.2) is 22.7 Å². The Morgan fingerprint density at radius 3 is 3.00 bits per heavy atom. The van der Waals surface area contributed by atoms with Crippen molar-refractivity contribution < 1.29 is 9.18 Å². The molecule has 5 heteroatoms. The van der Waals surface area contributed by atoms with E-state index in [1.54, 1.807) is 6.07 Å². The number of hydrogen-bond donors (Lipinski definition) is 2. The number of rotatable bonds is 3. The van der Waals surface area contributed by atoms with Gasteiger partial charge in [-0.25, -0.2) is 4.39 Å². The van der Waals surface area contributed by atoms with E-state index in [0.29, 0.717) is 22.5 Å². The number of halogens is 2. The minimum atomic E-state index is -0.412. The van der Waals surface area contributed by atoms with Gasteiger partial charge in [0.15, 0.2) is 0 Å². The van der Waals surface area contributed by atoms with Crippen LogP contribution in [0.3, 0.4) is 0 Å². The first-order valence-corrected chi connectivity index (χ1v) is 6.87. The first-order chi connectivity index (χ1) is 8.61. The fourth-order valence-electron chi connectivity index (χ4n) is 2.43. The van der Waals surface area contributed by atoms with Crippen molar-refractivity contribution in [3.8, 4) is 0 Å². The summed E-state index contributed by atoms with van der Waals surface area (Å²) in [6.45, 7) is 0.579. The van der Waals surface area contributed by atoms with Crippen LogP contribution >= 0.6 is 15.9 Å². The molecule has 0 saturated heterocycles. The zero-order valence-corrected chi connectivity index (χ0v) is 11.5. The molecule has 1 aromatic carbocycles. The van der Waals surface area contributed by atoms with Crippen molar-refractivity contribution >= 4 is 21.8 Å². The van der Waals surface area contributed by atoms with Crippen LogP contribution in [0.1, 0.15) is 29.6 Å². The van der Waals surface area contributed by atoms with Gasteiger partial charge in [-0.15, -0.1) is 0 Å². The summed E-state index contributed by atoms with van der Waals surface area (Å²) in [4.78, 5) is 12.1. The first-order valence-electron chi connectivity index (χ1n) is 6.08. The molecule has 1 fully saturated rings. The van der Waals surface area contributed by atoms with Gasteiger partial charge in [0, 0.05) is 10.5 Å². The van der Waals surface area contributed by atoms with Crippen LogP contribution in [0.5, 0.6) is 0 Å². The maximum atomic E-state index is 13.1.